The maximum Gasteiger partial charge on any atom is 2.00 e. The van der Waals surface area contributed by atoms with Crippen LogP contribution in [0.1, 0.15) is 105 Å². The summed E-state index contributed by atoms with van der Waals surface area (Å²) in [6.07, 6.45) is 16.3. The van der Waals surface area contributed by atoms with Gasteiger partial charge in [-0.25, -0.2) is 0 Å². The van der Waals surface area contributed by atoms with Crippen molar-refractivity contribution in [1.29, 1.82) is 0 Å². The molecule has 0 bridgehead atoms. The van der Waals surface area contributed by atoms with E-state index in [1.54, 1.807) is 0 Å². The van der Waals surface area contributed by atoms with Gasteiger partial charge in [-0.2, -0.15) is 9.34 Å². The van der Waals surface area contributed by atoms with Crippen LogP contribution in [-0.4, -0.2) is 116 Å². The van der Waals surface area contributed by atoms with Crippen LogP contribution < -0.4 is 0 Å². The number of rotatable bonds is 14. The maximum atomic E-state index is 7.97. The summed E-state index contributed by atoms with van der Waals surface area (Å²) in [4.78, 5) is 0. The van der Waals surface area contributed by atoms with Crippen LogP contribution in [0.4, 0.5) is 0 Å². The first-order valence-corrected chi connectivity index (χ1v) is 19.6. The Labute approximate surface area is 277 Å². The molecule has 6 nitrogen and oxygen atoms in total. The van der Waals surface area contributed by atoms with Gasteiger partial charge in [0.1, 0.15) is 7.44 Å². The summed E-state index contributed by atoms with van der Waals surface area (Å²) in [5.41, 5.74) is 1.26. The fourth-order valence-electron chi connectivity index (χ4n) is 7.88. The summed E-state index contributed by atoms with van der Waals surface area (Å²) >= 11 is 0. The summed E-state index contributed by atoms with van der Waals surface area (Å²) in [6.45, 7) is 17.8. The van der Waals surface area contributed by atoms with Gasteiger partial charge in [-0.05, 0) is 44.9 Å². The first kappa shape index (κ1) is 43.2. The monoisotopic (exact) mass is 669 g/mol. The van der Waals surface area contributed by atoms with Crippen LogP contribution in [0, 0.1) is 14.9 Å². The van der Waals surface area contributed by atoms with E-state index >= 15 is 0 Å². The topological polar surface area (TPSA) is 31.4 Å². The predicted molar refractivity (Wildman–Crippen MR) is 186 cm³/mol. The molecule has 4 aliphatic rings. The van der Waals surface area contributed by atoms with Crippen LogP contribution in [0.2, 0.25) is 0 Å². The minimum atomic E-state index is -2.05. The van der Waals surface area contributed by atoms with Crippen LogP contribution >= 0.6 is 15.7 Å². The molecule has 2 aliphatic carbocycles. The molecule has 4 atom stereocenters. The third-order valence-corrected chi connectivity index (χ3v) is 17.8. The van der Waals surface area contributed by atoms with E-state index in [0.29, 0.717) is 23.4 Å². The molecule has 4 rings (SSSR count). The van der Waals surface area contributed by atoms with Crippen LogP contribution in [0.15, 0.2) is 0 Å². The molecule has 2 radical (unpaired) electrons. The Morgan fingerprint density at radius 1 is 0.667 bits per heavy atom. The first-order chi connectivity index (χ1) is 19.0. The maximum absolute atomic E-state index is 7.97. The molecule has 0 aromatic carbocycles. The third-order valence-electron chi connectivity index (χ3n) is 9.75. The van der Waals surface area contributed by atoms with Crippen molar-refractivity contribution in [2.75, 3.05) is 66.7 Å². The first-order valence-electron chi connectivity index (χ1n) is 16.5. The van der Waals surface area contributed by atoms with Gasteiger partial charge >= 0.3 is 24.6 Å². The zero-order valence-electron chi connectivity index (χ0n) is 28.9. The van der Waals surface area contributed by atoms with E-state index in [-0.39, 0.29) is 40.1 Å². The molecule has 2 heterocycles. The van der Waals surface area contributed by atoms with E-state index in [1.165, 1.54) is 77.0 Å². The molecule has 42 heavy (non-hydrogen) atoms. The van der Waals surface area contributed by atoms with Crippen molar-refractivity contribution in [2.45, 2.75) is 128 Å². The minimum absolute atomic E-state index is 0. The molecule has 0 aromatic heterocycles. The average Bonchev–Trinajstić information content (AvgIpc) is 3.77. The van der Waals surface area contributed by atoms with E-state index in [9.17, 15) is 0 Å². The molecular formula is C32H68BFeN4O2P2+. The number of methoxy groups -OCH3 is 2. The molecular weight excluding hydrogens is 601 g/mol. The number of hydrogen-bond donors (Lipinski definition) is 0. The molecule has 2 saturated carbocycles. The second-order valence-corrected chi connectivity index (χ2v) is 17.5. The van der Waals surface area contributed by atoms with E-state index in [2.05, 4.69) is 46.4 Å². The van der Waals surface area contributed by atoms with Gasteiger partial charge < -0.3 is 24.3 Å². The van der Waals surface area contributed by atoms with Crippen LogP contribution in [0.3, 0.4) is 0 Å². The van der Waals surface area contributed by atoms with E-state index in [0.717, 1.165) is 52.5 Å². The molecule has 248 valence electrons. The standard InChI is InChI=1S/C25H52BN4O2P2.C5H10.2CH3.Fe/c1-7-27(8-2)33(28(9-3)10-4)24-16-11-17-25(24)34(26,29-18-12-14-22(29)20-31-5)30-19-13-15-23(30)21-32-6;1-2-4-5-3-1;;;/h22-25H,7-21H2,1-6H3;1-5H2;2*1H3;/q+1;;2*-1;+2/t22-,23-,24?,25?;;;;/m1..../s1. The normalized spacial score (nSPS) is 26.7. The Morgan fingerprint density at radius 2 is 1.07 bits per heavy atom. The Balaban J connectivity index is 0.00000190. The van der Waals surface area contributed by atoms with Crippen molar-refractivity contribution < 1.29 is 26.5 Å². The van der Waals surface area contributed by atoms with Crippen molar-refractivity contribution in [3.05, 3.63) is 14.9 Å². The molecule has 2 unspecified atom stereocenters. The quantitative estimate of drug-likeness (QED) is 0.106. The van der Waals surface area contributed by atoms with Gasteiger partial charge in [0.15, 0.2) is 0 Å². The fraction of sp³-hybridized carbons (Fsp3) is 0.938. The van der Waals surface area contributed by atoms with Crippen LogP contribution in [-0.2, 0) is 26.5 Å². The summed E-state index contributed by atoms with van der Waals surface area (Å²) in [7, 11) is 9.27. The van der Waals surface area contributed by atoms with E-state index in [1.807, 2.05) is 14.2 Å². The Morgan fingerprint density at radius 3 is 1.43 bits per heavy atom. The zero-order chi connectivity index (χ0) is 28.3. The van der Waals surface area contributed by atoms with Gasteiger partial charge in [-0.1, -0.05) is 59.8 Å². The molecule has 0 N–H and O–H groups in total. The molecule has 0 amide bonds. The molecule has 0 aromatic rings. The smallest absolute Gasteiger partial charge is 0.383 e. The van der Waals surface area contributed by atoms with Gasteiger partial charge in [0.25, 0.3) is 0 Å². The largest absolute Gasteiger partial charge is 2.00 e. The second kappa shape index (κ2) is 22.7. The third kappa shape index (κ3) is 10.4. The van der Waals surface area contributed by atoms with E-state index in [4.69, 9.17) is 17.0 Å². The SMILES string of the molecule is C1CCCC1.[B][P+](C1CCCC1P(N(CC)CC)N(CC)CC)(N1CCC[C@@H]1COC)N1CCC[C@@H]1COC.[CH3-].[CH3-].[Fe+2]. The van der Waals surface area contributed by atoms with Gasteiger partial charge in [0.05, 0.1) is 31.0 Å². The Bertz CT molecular complexity index is 633. The summed E-state index contributed by atoms with van der Waals surface area (Å²) in [5, 5.41) is 0. The average molecular weight is 670 g/mol. The minimum Gasteiger partial charge on any atom is -0.383 e. The molecule has 4 fully saturated rings. The van der Waals surface area contributed by atoms with Gasteiger partial charge in [-0.3, -0.25) is 9.34 Å². The van der Waals surface area contributed by atoms with Crippen molar-refractivity contribution in [1.82, 2.24) is 18.7 Å². The molecule has 10 heteroatoms. The zero-order valence-corrected chi connectivity index (χ0v) is 31.8. The molecule has 2 saturated heterocycles. The van der Waals surface area contributed by atoms with Gasteiger partial charge in [0, 0.05) is 67.4 Å². The number of nitrogens with zero attached hydrogens (tertiary/aromatic N) is 4. The fourth-order valence-corrected chi connectivity index (χ4v) is 16.7. The second-order valence-electron chi connectivity index (χ2n) is 12.0. The molecule has 0 spiro atoms. The van der Waals surface area contributed by atoms with E-state index < -0.39 is 7.44 Å². The summed E-state index contributed by atoms with van der Waals surface area (Å²) < 4.78 is 22.6. The van der Waals surface area contributed by atoms with Crippen molar-refractivity contribution >= 4 is 23.2 Å². The Kier molecular flexibility index (Phi) is 23.3. The van der Waals surface area contributed by atoms with Crippen molar-refractivity contribution in [2.24, 2.45) is 0 Å². The number of ether oxygens (including phenoxy) is 2. The number of hydrogen-bond acceptors (Lipinski definition) is 6. The molecule has 2 aliphatic heterocycles. The summed E-state index contributed by atoms with van der Waals surface area (Å²) in [6, 6.07) is 0.919. The van der Waals surface area contributed by atoms with Crippen molar-refractivity contribution in [3.63, 3.8) is 0 Å². The van der Waals surface area contributed by atoms with Gasteiger partial charge in [-0.15, -0.1) is 0 Å². The van der Waals surface area contributed by atoms with Crippen molar-refractivity contribution in [3.8, 4) is 0 Å². The Hall–Kier alpha value is 1.20. The predicted octanol–water partition coefficient (Wildman–Crippen LogP) is 7.90. The van der Waals surface area contributed by atoms with Crippen LogP contribution in [0.5, 0.6) is 0 Å². The van der Waals surface area contributed by atoms with Gasteiger partial charge in [0.2, 0.25) is 0 Å². The summed E-state index contributed by atoms with van der Waals surface area (Å²) in [5.74, 6) is 0. The van der Waals surface area contributed by atoms with Crippen LogP contribution in [0.25, 0.3) is 0 Å².